The molecule has 1 fully saturated rings. The first-order chi connectivity index (χ1) is 16.3. The van der Waals surface area contributed by atoms with E-state index in [1.54, 1.807) is 24.5 Å². The van der Waals surface area contributed by atoms with E-state index in [2.05, 4.69) is 24.4 Å². The van der Waals surface area contributed by atoms with Crippen LogP contribution in [0.1, 0.15) is 30.0 Å². The number of benzene rings is 2. The summed E-state index contributed by atoms with van der Waals surface area (Å²) in [7, 11) is 0. The summed E-state index contributed by atoms with van der Waals surface area (Å²) in [6, 6.07) is 15.4. The van der Waals surface area contributed by atoms with Crippen LogP contribution in [0.2, 0.25) is 0 Å². The molecule has 7 heteroatoms. The standard InChI is InChI=1S/C26H24FN5O/c27-22-8-4-7-21-23-15-28-17-32(23)25(24(21)22)19-9-11-31(12-10-19)26-29-13-20(14-30-26)33-16-18-5-2-1-3-6-18/h1-8,13-15,17,19,25H,9-12,16H2. The van der Waals surface area contributed by atoms with Crippen molar-refractivity contribution in [1.29, 1.82) is 0 Å². The van der Waals surface area contributed by atoms with Crippen molar-refractivity contribution >= 4 is 5.95 Å². The second-order valence-corrected chi connectivity index (χ2v) is 8.65. The van der Waals surface area contributed by atoms with E-state index in [0.717, 1.165) is 48.3 Å². The van der Waals surface area contributed by atoms with Crippen LogP contribution in [0.25, 0.3) is 11.3 Å². The summed E-state index contributed by atoms with van der Waals surface area (Å²) in [6.07, 6.45) is 9.01. The molecule has 6 rings (SSSR count). The average molecular weight is 442 g/mol. The highest BCUT2D eigenvalue weighted by atomic mass is 19.1. The molecule has 166 valence electrons. The molecule has 0 saturated carbocycles. The highest BCUT2D eigenvalue weighted by Gasteiger charge is 2.38. The Bertz CT molecular complexity index is 1250. The Morgan fingerprint density at radius 3 is 2.52 bits per heavy atom. The molecule has 2 aromatic heterocycles. The molecule has 1 unspecified atom stereocenters. The number of imidazole rings is 1. The van der Waals surface area contributed by atoms with Crippen LogP contribution in [0, 0.1) is 11.7 Å². The molecule has 33 heavy (non-hydrogen) atoms. The molecule has 0 aliphatic carbocycles. The molecule has 2 aromatic carbocycles. The van der Waals surface area contributed by atoms with Crippen LogP contribution in [0.5, 0.6) is 5.75 Å². The third kappa shape index (κ3) is 3.63. The summed E-state index contributed by atoms with van der Waals surface area (Å²) in [6.45, 7) is 2.16. The number of rotatable bonds is 5. The first-order valence-corrected chi connectivity index (χ1v) is 11.3. The van der Waals surface area contributed by atoms with Crippen LogP contribution in [0.15, 0.2) is 73.4 Å². The van der Waals surface area contributed by atoms with E-state index in [9.17, 15) is 4.39 Å². The first-order valence-electron chi connectivity index (χ1n) is 11.3. The maximum absolute atomic E-state index is 14.8. The molecule has 6 nitrogen and oxygen atoms in total. The Labute approximate surface area is 191 Å². The molecule has 0 spiro atoms. The van der Waals surface area contributed by atoms with Gasteiger partial charge in [0.05, 0.1) is 36.7 Å². The van der Waals surface area contributed by atoms with E-state index in [4.69, 9.17) is 4.74 Å². The second kappa shape index (κ2) is 8.31. The van der Waals surface area contributed by atoms with Crippen molar-refractivity contribution in [2.75, 3.05) is 18.0 Å². The molecule has 0 amide bonds. The van der Waals surface area contributed by atoms with Crippen molar-refractivity contribution in [2.45, 2.75) is 25.5 Å². The van der Waals surface area contributed by atoms with E-state index >= 15 is 0 Å². The second-order valence-electron chi connectivity index (χ2n) is 8.65. The van der Waals surface area contributed by atoms with Gasteiger partial charge in [-0.25, -0.2) is 19.3 Å². The summed E-state index contributed by atoms with van der Waals surface area (Å²) < 4.78 is 22.8. The van der Waals surface area contributed by atoms with Gasteiger partial charge < -0.3 is 14.2 Å². The van der Waals surface area contributed by atoms with Crippen LogP contribution in [-0.4, -0.2) is 32.6 Å². The summed E-state index contributed by atoms with van der Waals surface area (Å²) in [4.78, 5) is 15.6. The zero-order valence-electron chi connectivity index (χ0n) is 18.1. The number of anilines is 1. The number of fused-ring (bicyclic) bond motifs is 3. The zero-order chi connectivity index (χ0) is 22.2. The van der Waals surface area contributed by atoms with Gasteiger partial charge in [0.2, 0.25) is 5.95 Å². The van der Waals surface area contributed by atoms with Crippen LogP contribution in [0.4, 0.5) is 10.3 Å². The largest absolute Gasteiger partial charge is 0.486 e. The summed E-state index contributed by atoms with van der Waals surface area (Å²) >= 11 is 0. The number of halogens is 1. The van der Waals surface area contributed by atoms with Gasteiger partial charge in [0.15, 0.2) is 5.75 Å². The maximum Gasteiger partial charge on any atom is 0.225 e. The lowest BCUT2D eigenvalue weighted by atomic mass is 9.85. The number of piperidine rings is 1. The fourth-order valence-corrected chi connectivity index (χ4v) is 5.10. The monoisotopic (exact) mass is 441 g/mol. The topological polar surface area (TPSA) is 56.1 Å². The normalized spacial score (nSPS) is 17.6. The zero-order valence-corrected chi connectivity index (χ0v) is 18.1. The molecule has 4 heterocycles. The molecular formula is C26H24FN5O. The van der Waals surface area contributed by atoms with Crippen molar-refractivity contribution in [2.24, 2.45) is 5.92 Å². The Kier molecular flexibility index (Phi) is 5.02. The number of ether oxygens (including phenoxy) is 1. The first kappa shape index (κ1) is 19.9. The predicted octanol–water partition coefficient (Wildman–Crippen LogP) is 4.88. The maximum atomic E-state index is 14.8. The fraction of sp³-hybridized carbons (Fsp3) is 0.269. The van der Waals surface area contributed by atoms with Crippen molar-refractivity contribution < 1.29 is 9.13 Å². The van der Waals surface area contributed by atoms with Gasteiger partial charge >= 0.3 is 0 Å². The Hall–Kier alpha value is -3.74. The van der Waals surface area contributed by atoms with Crippen LogP contribution in [-0.2, 0) is 6.61 Å². The molecule has 2 aliphatic heterocycles. The number of hydrogen-bond acceptors (Lipinski definition) is 5. The molecule has 0 N–H and O–H groups in total. The fourth-order valence-electron chi connectivity index (χ4n) is 5.10. The molecule has 1 atom stereocenters. The Balaban J connectivity index is 1.12. The Morgan fingerprint density at radius 2 is 1.73 bits per heavy atom. The van der Waals surface area contributed by atoms with E-state index in [1.807, 2.05) is 48.9 Å². The van der Waals surface area contributed by atoms with Gasteiger partial charge in [-0.2, -0.15) is 0 Å². The SMILES string of the molecule is Fc1cccc2c1C(C1CCN(c3ncc(OCc4ccccc4)cn3)CC1)n1cncc1-2. The third-order valence-corrected chi connectivity index (χ3v) is 6.72. The average Bonchev–Trinajstić information content (AvgIpc) is 3.46. The quantitative estimate of drug-likeness (QED) is 0.442. The van der Waals surface area contributed by atoms with Gasteiger partial charge in [-0.3, -0.25) is 0 Å². The van der Waals surface area contributed by atoms with Gasteiger partial charge in [-0.05, 0) is 30.4 Å². The van der Waals surface area contributed by atoms with Crippen molar-refractivity contribution in [3.05, 3.63) is 90.4 Å². The lowest BCUT2D eigenvalue weighted by Gasteiger charge is -2.35. The lowest BCUT2D eigenvalue weighted by Crippen LogP contribution is -2.37. The number of aromatic nitrogens is 4. The molecule has 0 radical (unpaired) electrons. The predicted molar refractivity (Wildman–Crippen MR) is 124 cm³/mol. The van der Waals surface area contributed by atoms with Crippen molar-refractivity contribution in [3.63, 3.8) is 0 Å². The highest BCUT2D eigenvalue weighted by molar-refractivity contribution is 5.69. The van der Waals surface area contributed by atoms with E-state index in [1.165, 1.54) is 0 Å². The minimum atomic E-state index is -0.127. The van der Waals surface area contributed by atoms with Gasteiger partial charge in [0.25, 0.3) is 0 Å². The van der Waals surface area contributed by atoms with Gasteiger partial charge in [0, 0.05) is 24.2 Å². The number of nitrogens with zero attached hydrogens (tertiary/aromatic N) is 5. The Morgan fingerprint density at radius 1 is 0.939 bits per heavy atom. The summed E-state index contributed by atoms with van der Waals surface area (Å²) in [5, 5.41) is 0. The smallest absolute Gasteiger partial charge is 0.225 e. The van der Waals surface area contributed by atoms with E-state index in [0.29, 0.717) is 24.2 Å². The highest BCUT2D eigenvalue weighted by Crippen LogP contribution is 2.46. The van der Waals surface area contributed by atoms with Crippen LogP contribution in [0.3, 0.4) is 0 Å². The summed E-state index contributed by atoms with van der Waals surface area (Å²) in [5.74, 6) is 1.57. The number of hydrogen-bond donors (Lipinski definition) is 0. The van der Waals surface area contributed by atoms with Crippen molar-refractivity contribution in [3.8, 4) is 17.0 Å². The van der Waals surface area contributed by atoms with Crippen LogP contribution < -0.4 is 9.64 Å². The molecule has 1 saturated heterocycles. The van der Waals surface area contributed by atoms with E-state index in [-0.39, 0.29) is 11.9 Å². The van der Waals surface area contributed by atoms with Crippen LogP contribution >= 0.6 is 0 Å². The summed E-state index contributed by atoms with van der Waals surface area (Å²) in [5.41, 5.74) is 3.89. The molecule has 2 aliphatic rings. The third-order valence-electron chi connectivity index (χ3n) is 6.72. The van der Waals surface area contributed by atoms with Gasteiger partial charge in [0.1, 0.15) is 12.4 Å². The lowest BCUT2D eigenvalue weighted by molar-refractivity contribution is 0.302. The minimum Gasteiger partial charge on any atom is -0.486 e. The molecular weight excluding hydrogens is 417 g/mol. The van der Waals surface area contributed by atoms with Gasteiger partial charge in [-0.15, -0.1) is 0 Å². The van der Waals surface area contributed by atoms with E-state index < -0.39 is 0 Å². The minimum absolute atomic E-state index is 0.00414. The molecule has 0 bridgehead atoms. The van der Waals surface area contributed by atoms with Crippen molar-refractivity contribution in [1.82, 2.24) is 19.5 Å². The molecule has 4 aromatic rings. The van der Waals surface area contributed by atoms with Gasteiger partial charge in [-0.1, -0.05) is 42.5 Å².